The van der Waals surface area contributed by atoms with E-state index >= 15 is 0 Å². The van der Waals surface area contributed by atoms with Crippen LogP contribution in [0.1, 0.15) is 79.3 Å². The van der Waals surface area contributed by atoms with Crippen LogP contribution < -0.4 is 20.7 Å². The first-order chi connectivity index (χ1) is 45.0. The van der Waals surface area contributed by atoms with E-state index in [2.05, 4.69) is 38.0 Å². The third kappa shape index (κ3) is 24.1. The number of hydrogen-bond donors (Lipinski definition) is 6. The van der Waals surface area contributed by atoms with Crippen LogP contribution in [0.4, 0.5) is 8.78 Å². The third-order valence-corrected chi connectivity index (χ3v) is 18.3. The number of imide groups is 1. The fourth-order valence-electron chi connectivity index (χ4n) is 11.7. The second kappa shape index (κ2) is 36.6. The van der Waals surface area contributed by atoms with Gasteiger partial charge in [0, 0.05) is 128 Å². The highest BCUT2D eigenvalue weighted by molar-refractivity contribution is 8.00. The number of aryl methyl sites for hydroxylation is 2. The second-order valence-electron chi connectivity index (χ2n) is 24.3. The topological polar surface area (TPSA) is 339 Å². The standard InChI is InChI=1S/C64H87F2N13O14S/c1-45-10-12-46(13-11-45)7-6-9-54(80)69-17-3-2-8-47(71-55(81)38-73-20-22-74(40-59(85)86)24-26-76(42-61(89)90)27-25-75(23-21-73)41-60(87)88)43-94-53-34-56(82)78(63(53)92)39-58(84)77-30-28-72(29-31-77)19-4-5-32-93-49-14-15-52-51(33-49)50(16-18-68-52)62(91)70-37-57(83)79-44-64(65,66)35-48(79)36-67/h10-16,18,33,47-48,53H,2-9,17,19-32,34-35,37-44H2,1H3,(H,69,80)(H,70,91)(H,71,81)(H,85,86)(H,87,88)(H,89,90)/t47?,48-,53?/m1/s1. The molecule has 0 spiro atoms. The summed E-state index contributed by atoms with van der Waals surface area (Å²) in [6.07, 6.45) is 5.43. The number of nitriles is 1. The summed E-state index contributed by atoms with van der Waals surface area (Å²) in [7, 11) is 0. The van der Waals surface area contributed by atoms with Gasteiger partial charge in [-0.25, -0.2) is 8.78 Å². The minimum Gasteiger partial charge on any atom is -0.494 e. The molecule has 6 N–H and O–H groups in total. The van der Waals surface area contributed by atoms with Gasteiger partial charge in [0.15, 0.2) is 0 Å². The number of benzene rings is 2. The van der Waals surface area contributed by atoms with Gasteiger partial charge < -0.3 is 45.8 Å². The van der Waals surface area contributed by atoms with Crippen LogP contribution in [0.3, 0.4) is 0 Å². The first-order valence-corrected chi connectivity index (χ1v) is 33.0. The van der Waals surface area contributed by atoms with E-state index in [9.17, 15) is 77.3 Å². The Morgan fingerprint density at radius 2 is 1.34 bits per heavy atom. The van der Waals surface area contributed by atoms with Crippen molar-refractivity contribution in [2.75, 3.05) is 150 Å². The monoisotopic (exact) mass is 1330 g/mol. The summed E-state index contributed by atoms with van der Waals surface area (Å²) in [5, 5.41) is 46.4. The number of hydrogen-bond acceptors (Lipinski definition) is 19. The summed E-state index contributed by atoms with van der Waals surface area (Å²) in [5.74, 6) is -8.90. The molecule has 512 valence electrons. The van der Waals surface area contributed by atoms with Gasteiger partial charge in [-0.15, -0.1) is 11.8 Å². The Bertz CT molecular complexity index is 3140. The average molecular weight is 1330 g/mol. The number of amides is 7. The zero-order valence-electron chi connectivity index (χ0n) is 53.2. The number of unbranched alkanes of at least 4 members (excludes halogenated alkanes) is 2. The number of aromatic nitrogens is 1. The fraction of sp³-hybridized carbons (Fsp3) is 0.594. The molecule has 1 aromatic heterocycles. The minimum atomic E-state index is -3.19. The number of likely N-dealkylation sites (tertiary alicyclic amines) is 2. The van der Waals surface area contributed by atoms with Crippen molar-refractivity contribution in [2.24, 2.45) is 0 Å². The molecule has 0 bridgehead atoms. The lowest BCUT2D eigenvalue weighted by Gasteiger charge is -2.35. The molecular formula is C64H87F2N13O14S. The molecule has 7 rings (SSSR count). The SMILES string of the molecule is Cc1ccc(CCCC(=O)NCCCCC(CSC2CC(=O)N(CC(=O)N3CCN(CCCCOc4ccc5nccc(C(=O)NCC(=O)N6CC(F)(F)C[C@@H]6C#N)c5c4)CC3)C2=O)NC(=O)CN2CCN(CC(=O)O)CCN(CC(=O)O)CCN(CC(=O)O)CC2)cc1. The third-order valence-electron chi connectivity index (χ3n) is 17.0. The van der Waals surface area contributed by atoms with Gasteiger partial charge in [0.1, 0.15) is 18.3 Å². The van der Waals surface area contributed by atoms with Crippen molar-refractivity contribution < 1.29 is 76.8 Å². The van der Waals surface area contributed by atoms with E-state index in [4.69, 9.17) is 4.74 Å². The number of nitrogens with zero attached hydrogens (tertiary/aromatic N) is 10. The Labute approximate surface area is 549 Å². The predicted octanol–water partition coefficient (Wildman–Crippen LogP) is 1.47. The quantitative estimate of drug-likeness (QED) is 0.0381. The molecule has 3 aromatic rings. The first kappa shape index (κ1) is 73.5. The first-order valence-electron chi connectivity index (χ1n) is 32.0. The van der Waals surface area contributed by atoms with Crippen LogP contribution in [0.5, 0.6) is 5.75 Å². The number of thioether (sulfide) groups is 1. The molecule has 0 aliphatic carbocycles. The van der Waals surface area contributed by atoms with Crippen LogP contribution in [0.2, 0.25) is 0 Å². The number of carboxylic acids is 3. The number of carboxylic acid groups (broad SMARTS) is 3. The van der Waals surface area contributed by atoms with Crippen LogP contribution >= 0.6 is 11.8 Å². The number of aliphatic carboxylic acids is 3. The van der Waals surface area contributed by atoms with Gasteiger partial charge >= 0.3 is 17.9 Å². The minimum absolute atomic E-state index is 0.0683. The van der Waals surface area contributed by atoms with E-state index in [-0.39, 0.29) is 114 Å². The number of ether oxygens (including phenoxy) is 1. The van der Waals surface area contributed by atoms with Gasteiger partial charge in [0.05, 0.1) is 68.3 Å². The molecule has 2 unspecified atom stereocenters. The molecule has 4 aliphatic rings. The van der Waals surface area contributed by atoms with Crippen molar-refractivity contribution in [1.82, 2.24) is 60.1 Å². The van der Waals surface area contributed by atoms with Crippen LogP contribution in [0.25, 0.3) is 10.9 Å². The van der Waals surface area contributed by atoms with Crippen molar-refractivity contribution >= 4 is 81.9 Å². The molecular weight excluding hydrogens is 1240 g/mol. The second-order valence-corrected chi connectivity index (χ2v) is 25.5. The lowest BCUT2D eigenvalue weighted by atomic mass is 10.1. The molecule has 94 heavy (non-hydrogen) atoms. The maximum Gasteiger partial charge on any atom is 0.317 e. The highest BCUT2D eigenvalue weighted by atomic mass is 32.2. The lowest BCUT2D eigenvalue weighted by Crippen LogP contribution is -2.52. The Morgan fingerprint density at radius 1 is 0.723 bits per heavy atom. The number of rotatable bonds is 32. The number of carbonyl (C=O) groups excluding carboxylic acids is 7. The molecule has 5 heterocycles. The van der Waals surface area contributed by atoms with E-state index in [1.165, 1.54) is 24.0 Å². The summed E-state index contributed by atoms with van der Waals surface area (Å²) >= 11 is 1.22. The molecule has 3 atom stereocenters. The zero-order valence-corrected chi connectivity index (χ0v) is 54.0. The molecule has 7 amide bonds. The predicted molar refractivity (Wildman–Crippen MR) is 342 cm³/mol. The van der Waals surface area contributed by atoms with Crippen LogP contribution in [0, 0.1) is 18.3 Å². The number of alkyl halides is 2. The van der Waals surface area contributed by atoms with Crippen molar-refractivity contribution in [3.63, 3.8) is 0 Å². The summed E-state index contributed by atoms with van der Waals surface area (Å²) in [4.78, 5) is 146. The summed E-state index contributed by atoms with van der Waals surface area (Å²) in [5.41, 5.74) is 3.00. The zero-order chi connectivity index (χ0) is 67.7. The Morgan fingerprint density at radius 3 is 1.96 bits per heavy atom. The lowest BCUT2D eigenvalue weighted by molar-refractivity contribution is -0.146. The van der Waals surface area contributed by atoms with E-state index in [0.717, 1.165) is 33.8 Å². The van der Waals surface area contributed by atoms with E-state index in [1.807, 2.05) is 24.0 Å². The van der Waals surface area contributed by atoms with Gasteiger partial charge in [0.25, 0.3) is 11.8 Å². The number of fused-ring (bicyclic) bond motifs is 1. The Balaban J connectivity index is 0.866. The molecule has 30 heteroatoms. The maximum atomic E-state index is 14.1. The highest BCUT2D eigenvalue weighted by Crippen LogP contribution is 2.32. The van der Waals surface area contributed by atoms with Gasteiger partial charge in [-0.3, -0.25) is 82.3 Å². The number of halogens is 2. The number of piperazine rings is 1. The van der Waals surface area contributed by atoms with Gasteiger partial charge in [0.2, 0.25) is 35.4 Å². The van der Waals surface area contributed by atoms with Gasteiger partial charge in [-0.05, 0) is 88.2 Å². The largest absolute Gasteiger partial charge is 0.494 e. The van der Waals surface area contributed by atoms with E-state index in [1.54, 1.807) is 43.9 Å². The molecule has 4 saturated heterocycles. The van der Waals surface area contributed by atoms with E-state index in [0.29, 0.717) is 101 Å². The van der Waals surface area contributed by atoms with Gasteiger partial charge in [-0.1, -0.05) is 29.8 Å². The summed E-state index contributed by atoms with van der Waals surface area (Å²) in [6, 6.07) is 14.7. The Hall–Kier alpha value is -7.95. The van der Waals surface area contributed by atoms with Gasteiger partial charge in [-0.2, -0.15) is 5.26 Å². The van der Waals surface area contributed by atoms with Crippen molar-refractivity contribution in [3.05, 3.63) is 71.4 Å². The average Bonchev–Trinajstić information content (AvgIpc) is 1.46. The van der Waals surface area contributed by atoms with Crippen LogP contribution in [-0.4, -0.2) is 292 Å². The smallest absolute Gasteiger partial charge is 0.317 e. The van der Waals surface area contributed by atoms with E-state index < -0.39 is 90.8 Å². The normalized spacial score (nSPS) is 19.2. The van der Waals surface area contributed by atoms with Crippen LogP contribution in [0.15, 0.2) is 54.7 Å². The highest BCUT2D eigenvalue weighted by Gasteiger charge is 2.47. The Kier molecular flexibility index (Phi) is 28.6. The summed E-state index contributed by atoms with van der Waals surface area (Å²) in [6.45, 7) is 4.18. The maximum absolute atomic E-state index is 14.1. The molecule has 0 saturated carbocycles. The molecule has 2 aromatic carbocycles. The molecule has 4 aliphatic heterocycles. The fourth-order valence-corrected chi connectivity index (χ4v) is 13.0. The van der Waals surface area contributed by atoms with Crippen molar-refractivity contribution in [1.29, 1.82) is 5.26 Å². The molecule has 4 fully saturated rings. The molecule has 27 nitrogen and oxygen atoms in total. The number of pyridine rings is 1. The number of nitrogens with one attached hydrogen (secondary N) is 3. The molecule has 0 radical (unpaired) electrons. The van der Waals surface area contributed by atoms with Crippen LogP contribution in [-0.2, 0) is 49.6 Å². The number of carbonyl (C=O) groups is 10. The van der Waals surface area contributed by atoms with Crippen molar-refractivity contribution in [2.45, 2.75) is 94.4 Å². The summed E-state index contributed by atoms with van der Waals surface area (Å²) < 4.78 is 33.9. The van der Waals surface area contributed by atoms with Crippen molar-refractivity contribution in [3.8, 4) is 11.8 Å².